The van der Waals surface area contributed by atoms with Crippen molar-refractivity contribution in [2.75, 3.05) is 10.8 Å². The van der Waals surface area contributed by atoms with Crippen LogP contribution in [-0.4, -0.2) is 43.3 Å². The Labute approximate surface area is 245 Å². The van der Waals surface area contributed by atoms with Crippen molar-refractivity contribution in [2.45, 2.75) is 84.3 Å². The van der Waals surface area contributed by atoms with Crippen LogP contribution >= 0.6 is 0 Å². The van der Waals surface area contributed by atoms with Crippen LogP contribution in [-0.2, 0) is 26.2 Å². The van der Waals surface area contributed by atoms with Crippen molar-refractivity contribution in [2.24, 2.45) is 0 Å². The number of anilines is 1. The normalized spacial score (nSPS) is 12.6. The van der Waals surface area contributed by atoms with Crippen molar-refractivity contribution in [1.29, 1.82) is 0 Å². The summed E-state index contributed by atoms with van der Waals surface area (Å²) >= 11 is 0. The number of nitrogens with zero attached hydrogens (tertiary/aromatic N) is 2. The molecule has 0 aliphatic rings. The summed E-state index contributed by atoms with van der Waals surface area (Å²) in [6.07, 6.45) is 0. The molecule has 41 heavy (non-hydrogen) atoms. The van der Waals surface area contributed by atoms with E-state index in [2.05, 4.69) is 19.2 Å². The van der Waals surface area contributed by atoms with E-state index in [0.717, 1.165) is 26.6 Å². The first-order chi connectivity index (χ1) is 19.1. The van der Waals surface area contributed by atoms with Crippen LogP contribution in [0, 0.1) is 13.8 Å². The van der Waals surface area contributed by atoms with Crippen LogP contribution in [0.1, 0.15) is 69.7 Å². The Morgan fingerprint density at radius 2 is 1.32 bits per heavy atom. The van der Waals surface area contributed by atoms with Gasteiger partial charge in [0.2, 0.25) is 11.8 Å². The summed E-state index contributed by atoms with van der Waals surface area (Å²) in [5, 5.41) is 2.95. The van der Waals surface area contributed by atoms with Crippen LogP contribution in [0.5, 0.6) is 0 Å². The summed E-state index contributed by atoms with van der Waals surface area (Å²) < 4.78 is 29.1. The molecule has 1 atom stereocenters. The highest BCUT2D eigenvalue weighted by Crippen LogP contribution is 2.27. The van der Waals surface area contributed by atoms with Gasteiger partial charge in [-0.3, -0.25) is 13.9 Å². The van der Waals surface area contributed by atoms with Crippen LogP contribution < -0.4 is 9.62 Å². The molecule has 0 bridgehead atoms. The second-order valence-electron chi connectivity index (χ2n) is 12.0. The van der Waals surface area contributed by atoms with Crippen LogP contribution in [0.3, 0.4) is 0 Å². The number of benzene rings is 3. The Balaban J connectivity index is 2.05. The minimum Gasteiger partial charge on any atom is -0.350 e. The summed E-state index contributed by atoms with van der Waals surface area (Å²) in [5.41, 5.74) is 3.78. The third-order valence-corrected chi connectivity index (χ3v) is 8.66. The van der Waals surface area contributed by atoms with Crippen LogP contribution in [0.4, 0.5) is 5.69 Å². The monoisotopic (exact) mass is 577 g/mol. The van der Waals surface area contributed by atoms with E-state index in [9.17, 15) is 18.0 Å². The molecule has 3 aromatic carbocycles. The molecular weight excluding hydrogens is 534 g/mol. The first-order valence-electron chi connectivity index (χ1n) is 13.9. The van der Waals surface area contributed by atoms with Gasteiger partial charge in [0.25, 0.3) is 10.0 Å². The smallest absolute Gasteiger partial charge is 0.264 e. The standard InChI is InChI=1S/C33H43N3O4S/c1-23(2)28-15-17-29(18-16-28)36(41(39,40)30-19-11-25(4)12-20-30)22-31(37)35(21-27-13-9-24(3)10-14-27)26(5)32(38)34-33(6,7)8/h9-20,23,26H,21-22H2,1-8H3,(H,34,38)/t26-/m1/s1. The zero-order valence-corrected chi connectivity index (χ0v) is 26.2. The van der Waals surface area contributed by atoms with Crippen LogP contribution in [0.25, 0.3) is 0 Å². The quantitative estimate of drug-likeness (QED) is 0.322. The SMILES string of the molecule is Cc1ccc(CN(C(=O)CN(c2ccc(C(C)C)cc2)S(=O)(=O)c2ccc(C)cc2)[C@H](C)C(=O)NC(C)(C)C)cc1. The van der Waals surface area contributed by atoms with Gasteiger partial charge >= 0.3 is 0 Å². The zero-order valence-electron chi connectivity index (χ0n) is 25.4. The van der Waals surface area contributed by atoms with E-state index in [4.69, 9.17) is 0 Å². The number of carbonyl (C=O) groups is 2. The first-order valence-corrected chi connectivity index (χ1v) is 15.4. The number of nitrogens with one attached hydrogen (secondary N) is 1. The zero-order chi connectivity index (χ0) is 30.5. The average Bonchev–Trinajstić information content (AvgIpc) is 2.90. The van der Waals surface area contributed by atoms with E-state index < -0.39 is 34.1 Å². The van der Waals surface area contributed by atoms with E-state index >= 15 is 0 Å². The predicted molar refractivity (Wildman–Crippen MR) is 165 cm³/mol. The lowest BCUT2D eigenvalue weighted by molar-refractivity contribution is -0.140. The third kappa shape index (κ3) is 8.43. The molecule has 0 spiro atoms. The molecular formula is C33H43N3O4S. The third-order valence-electron chi connectivity index (χ3n) is 6.87. The Morgan fingerprint density at radius 3 is 1.80 bits per heavy atom. The molecule has 0 aliphatic carbocycles. The molecule has 0 unspecified atom stereocenters. The van der Waals surface area contributed by atoms with E-state index in [0.29, 0.717) is 5.69 Å². The maximum Gasteiger partial charge on any atom is 0.264 e. The summed E-state index contributed by atoms with van der Waals surface area (Å²) in [7, 11) is -4.10. The second-order valence-corrected chi connectivity index (χ2v) is 13.9. The van der Waals surface area contributed by atoms with E-state index in [1.807, 2.05) is 71.0 Å². The number of hydrogen-bond donors (Lipinski definition) is 1. The van der Waals surface area contributed by atoms with Crippen molar-refractivity contribution in [3.05, 3.63) is 95.1 Å². The first kappa shape index (κ1) is 31.9. The molecule has 0 saturated carbocycles. The number of carbonyl (C=O) groups excluding carboxylic acids is 2. The lowest BCUT2D eigenvalue weighted by Gasteiger charge is -2.33. The lowest BCUT2D eigenvalue weighted by Crippen LogP contribution is -2.54. The maximum absolute atomic E-state index is 14.1. The summed E-state index contributed by atoms with van der Waals surface area (Å²) in [6, 6.07) is 20.7. The minimum absolute atomic E-state index is 0.0902. The highest BCUT2D eigenvalue weighted by atomic mass is 32.2. The molecule has 0 aliphatic heterocycles. The van der Waals surface area contributed by atoms with Gasteiger partial charge in [0.1, 0.15) is 12.6 Å². The van der Waals surface area contributed by atoms with Gasteiger partial charge in [0.15, 0.2) is 0 Å². The number of amides is 2. The molecule has 0 radical (unpaired) electrons. The Kier molecular flexibility index (Phi) is 10.0. The van der Waals surface area contributed by atoms with Gasteiger partial charge in [-0.1, -0.05) is 73.5 Å². The topological polar surface area (TPSA) is 86.8 Å². The van der Waals surface area contributed by atoms with Crippen LogP contribution in [0.2, 0.25) is 0 Å². The molecule has 0 heterocycles. The van der Waals surface area contributed by atoms with Crippen molar-refractivity contribution in [3.63, 3.8) is 0 Å². The fourth-order valence-corrected chi connectivity index (χ4v) is 5.75. The highest BCUT2D eigenvalue weighted by Gasteiger charge is 2.33. The molecule has 1 N–H and O–H groups in total. The number of hydrogen-bond acceptors (Lipinski definition) is 4. The Hall–Kier alpha value is -3.65. The number of rotatable bonds is 10. The van der Waals surface area contributed by atoms with Gasteiger partial charge in [0, 0.05) is 12.1 Å². The van der Waals surface area contributed by atoms with Crippen molar-refractivity contribution in [1.82, 2.24) is 10.2 Å². The fourth-order valence-electron chi connectivity index (χ4n) is 4.34. The fraction of sp³-hybridized carbons (Fsp3) is 0.394. The van der Waals surface area contributed by atoms with Crippen molar-refractivity contribution >= 4 is 27.5 Å². The van der Waals surface area contributed by atoms with Crippen molar-refractivity contribution in [3.8, 4) is 0 Å². The molecule has 3 aromatic rings. The van der Waals surface area contributed by atoms with Gasteiger partial charge in [-0.25, -0.2) is 8.42 Å². The van der Waals surface area contributed by atoms with E-state index in [-0.39, 0.29) is 23.3 Å². The highest BCUT2D eigenvalue weighted by molar-refractivity contribution is 7.92. The predicted octanol–water partition coefficient (Wildman–Crippen LogP) is 5.95. The van der Waals surface area contributed by atoms with Gasteiger partial charge < -0.3 is 10.2 Å². The molecule has 2 amide bonds. The molecule has 0 aromatic heterocycles. The van der Waals surface area contributed by atoms with Gasteiger partial charge in [-0.05, 0) is 82.9 Å². The van der Waals surface area contributed by atoms with Gasteiger partial charge in [-0.15, -0.1) is 0 Å². The van der Waals surface area contributed by atoms with Crippen molar-refractivity contribution < 1.29 is 18.0 Å². The van der Waals surface area contributed by atoms with E-state index in [1.165, 1.54) is 4.90 Å². The number of aryl methyl sites for hydroxylation is 2. The molecule has 0 saturated heterocycles. The summed E-state index contributed by atoms with van der Waals surface area (Å²) in [5.74, 6) is -0.530. The molecule has 7 nitrogen and oxygen atoms in total. The van der Waals surface area contributed by atoms with Gasteiger partial charge in [0.05, 0.1) is 10.6 Å². The van der Waals surface area contributed by atoms with E-state index in [1.54, 1.807) is 43.3 Å². The largest absolute Gasteiger partial charge is 0.350 e. The average molecular weight is 578 g/mol. The van der Waals surface area contributed by atoms with Crippen LogP contribution in [0.15, 0.2) is 77.7 Å². The lowest BCUT2D eigenvalue weighted by atomic mass is 10.0. The maximum atomic E-state index is 14.1. The second kappa shape index (κ2) is 12.9. The van der Waals surface area contributed by atoms with Gasteiger partial charge in [-0.2, -0.15) is 0 Å². The summed E-state index contributed by atoms with van der Waals surface area (Å²) in [4.78, 5) is 28.8. The number of sulfonamides is 1. The minimum atomic E-state index is -4.10. The summed E-state index contributed by atoms with van der Waals surface area (Å²) in [6.45, 7) is 15.0. The molecule has 3 rings (SSSR count). The molecule has 0 fully saturated rings. The molecule has 220 valence electrons. The Morgan fingerprint density at radius 1 is 0.805 bits per heavy atom. The Bertz CT molecular complexity index is 1440. The molecule has 8 heteroatoms.